The van der Waals surface area contributed by atoms with E-state index in [0.717, 1.165) is 0 Å². The van der Waals surface area contributed by atoms with Gasteiger partial charge in [-0.05, 0) is 31.0 Å². The van der Waals surface area contributed by atoms with Crippen LogP contribution in [0.3, 0.4) is 0 Å². The third-order valence-corrected chi connectivity index (χ3v) is 2.58. The zero-order valence-electron chi connectivity index (χ0n) is 10.4. The van der Waals surface area contributed by atoms with Gasteiger partial charge in [0.05, 0.1) is 18.8 Å². The van der Waals surface area contributed by atoms with E-state index in [9.17, 15) is 5.11 Å². The first kappa shape index (κ1) is 14.4. The number of azide groups is 1. The van der Waals surface area contributed by atoms with Crippen molar-refractivity contribution in [3.05, 3.63) is 33.6 Å². The summed E-state index contributed by atoms with van der Waals surface area (Å²) in [6.45, 7) is 3.96. The third-order valence-electron chi connectivity index (χ3n) is 2.58. The van der Waals surface area contributed by atoms with E-state index in [1.165, 1.54) is 0 Å². The van der Waals surface area contributed by atoms with Gasteiger partial charge in [-0.25, -0.2) is 0 Å². The molecule has 1 aliphatic rings. The Kier molecular flexibility index (Phi) is 5.51. The molecule has 1 heterocycles. The fourth-order valence-corrected chi connectivity index (χ4v) is 1.52. The van der Waals surface area contributed by atoms with Crippen molar-refractivity contribution in [3.63, 3.8) is 0 Å². The lowest BCUT2D eigenvalue weighted by atomic mass is 10.0. The summed E-state index contributed by atoms with van der Waals surface area (Å²) in [4.78, 5) is 2.58. The van der Waals surface area contributed by atoms with Crippen LogP contribution in [0.5, 0.6) is 0 Å². The van der Waals surface area contributed by atoms with E-state index in [4.69, 9.17) is 20.1 Å². The molecule has 0 aromatic carbocycles. The van der Waals surface area contributed by atoms with Gasteiger partial charge in [0.15, 0.2) is 5.76 Å². The predicted molar refractivity (Wildman–Crippen MR) is 64.4 cm³/mol. The normalized spacial score (nSPS) is 19.4. The molecule has 0 radical (unpaired) electrons. The van der Waals surface area contributed by atoms with E-state index in [0.29, 0.717) is 30.3 Å². The average Bonchev–Trinajstić information content (AvgIpc) is 2.37. The first-order valence-corrected chi connectivity index (χ1v) is 5.58. The Morgan fingerprint density at radius 2 is 2.22 bits per heavy atom. The van der Waals surface area contributed by atoms with Crippen LogP contribution < -0.4 is 0 Å². The molecule has 2 atom stereocenters. The summed E-state index contributed by atoms with van der Waals surface area (Å²) >= 11 is 0. The number of aliphatic hydroxyl groups excluding tert-OH is 2. The molecule has 0 bridgehead atoms. The third kappa shape index (κ3) is 3.66. The molecule has 0 saturated carbocycles. The lowest BCUT2D eigenvalue weighted by Crippen LogP contribution is -2.28. The van der Waals surface area contributed by atoms with E-state index in [1.54, 1.807) is 19.9 Å². The summed E-state index contributed by atoms with van der Waals surface area (Å²) in [5.41, 5.74) is 8.85. The average molecular weight is 255 g/mol. The van der Waals surface area contributed by atoms with Crippen molar-refractivity contribution in [1.82, 2.24) is 0 Å². The molecule has 0 amide bonds. The summed E-state index contributed by atoms with van der Waals surface area (Å²) in [7, 11) is 0. The van der Waals surface area contributed by atoms with Gasteiger partial charge in [-0.15, -0.1) is 0 Å². The minimum Gasteiger partial charge on any atom is -0.491 e. The second-order valence-corrected chi connectivity index (χ2v) is 3.91. The summed E-state index contributed by atoms with van der Waals surface area (Å²) in [5, 5.41) is 22.3. The van der Waals surface area contributed by atoms with E-state index in [1.807, 2.05) is 0 Å². The number of hydrogen-bond donors (Lipinski definition) is 2. The van der Waals surface area contributed by atoms with Crippen molar-refractivity contribution in [2.75, 3.05) is 19.8 Å². The fourth-order valence-electron chi connectivity index (χ4n) is 1.52. The molecule has 0 fully saturated rings. The van der Waals surface area contributed by atoms with Crippen molar-refractivity contribution in [3.8, 4) is 0 Å². The van der Waals surface area contributed by atoms with Gasteiger partial charge in [-0.3, -0.25) is 0 Å². The SMILES string of the molecule is CC1=C(/C=C(\C)[C@@H](O)[C@@H](CO)N=[N+]=[N-])OCCO1. The molecule has 1 aliphatic heterocycles. The lowest BCUT2D eigenvalue weighted by molar-refractivity contribution is 0.0699. The highest BCUT2D eigenvalue weighted by molar-refractivity contribution is 5.23. The number of allylic oxidation sites excluding steroid dienone is 2. The van der Waals surface area contributed by atoms with Crippen molar-refractivity contribution in [1.29, 1.82) is 0 Å². The van der Waals surface area contributed by atoms with Gasteiger partial charge in [0.2, 0.25) is 0 Å². The molecule has 18 heavy (non-hydrogen) atoms. The van der Waals surface area contributed by atoms with Gasteiger partial charge in [0.1, 0.15) is 19.0 Å². The maximum absolute atomic E-state index is 9.91. The van der Waals surface area contributed by atoms with Crippen molar-refractivity contribution in [2.45, 2.75) is 26.0 Å². The maximum Gasteiger partial charge on any atom is 0.156 e. The van der Waals surface area contributed by atoms with Crippen molar-refractivity contribution in [2.24, 2.45) is 5.11 Å². The van der Waals surface area contributed by atoms with E-state index < -0.39 is 18.8 Å². The van der Waals surface area contributed by atoms with Crippen LogP contribution in [0.4, 0.5) is 0 Å². The van der Waals surface area contributed by atoms with Crippen LogP contribution in [0.15, 0.2) is 28.3 Å². The standard InChI is InChI=1S/C11H17N3O4/c1-7(11(16)9(6-15)13-14-12)5-10-8(2)17-3-4-18-10/h5,9,11,15-16H,3-4,6H2,1-2H3/b7-5+/t9-,11-/m1/s1. The Labute approximate surface area is 105 Å². The molecule has 0 unspecified atom stereocenters. The smallest absolute Gasteiger partial charge is 0.156 e. The van der Waals surface area contributed by atoms with Gasteiger partial charge < -0.3 is 19.7 Å². The molecular formula is C11H17N3O4. The van der Waals surface area contributed by atoms with Gasteiger partial charge in [0.25, 0.3) is 0 Å². The summed E-state index contributed by atoms with van der Waals surface area (Å²) < 4.78 is 10.7. The summed E-state index contributed by atoms with van der Waals surface area (Å²) in [6.07, 6.45) is 0.561. The van der Waals surface area contributed by atoms with Gasteiger partial charge in [-0.2, -0.15) is 0 Å². The number of nitrogens with zero attached hydrogens (tertiary/aromatic N) is 3. The predicted octanol–water partition coefficient (Wildman–Crippen LogP) is 1.24. The van der Waals surface area contributed by atoms with Crippen LogP contribution in [-0.4, -0.2) is 42.2 Å². The number of aliphatic hydroxyl groups is 2. The second-order valence-electron chi connectivity index (χ2n) is 3.91. The van der Waals surface area contributed by atoms with E-state index in [2.05, 4.69) is 10.0 Å². The number of ether oxygens (including phenoxy) is 2. The van der Waals surface area contributed by atoms with Crippen LogP contribution in [0.25, 0.3) is 10.4 Å². The van der Waals surface area contributed by atoms with Crippen LogP contribution in [0.1, 0.15) is 13.8 Å². The molecular weight excluding hydrogens is 238 g/mol. The second kappa shape index (κ2) is 6.90. The van der Waals surface area contributed by atoms with Crippen LogP contribution in [0, 0.1) is 0 Å². The minimum atomic E-state index is -1.06. The van der Waals surface area contributed by atoms with Crippen LogP contribution in [0.2, 0.25) is 0 Å². The van der Waals surface area contributed by atoms with Crippen molar-refractivity contribution >= 4 is 0 Å². The molecule has 0 aromatic rings. The number of rotatable bonds is 5. The Morgan fingerprint density at radius 1 is 1.56 bits per heavy atom. The first-order valence-electron chi connectivity index (χ1n) is 5.58. The highest BCUT2D eigenvalue weighted by atomic mass is 16.6. The molecule has 0 spiro atoms. The molecule has 7 nitrogen and oxygen atoms in total. The van der Waals surface area contributed by atoms with E-state index in [-0.39, 0.29) is 0 Å². The molecule has 0 saturated heterocycles. The monoisotopic (exact) mass is 255 g/mol. The molecule has 100 valence electrons. The van der Waals surface area contributed by atoms with E-state index >= 15 is 0 Å². The van der Waals surface area contributed by atoms with Crippen LogP contribution >= 0.6 is 0 Å². The maximum atomic E-state index is 9.91. The quantitative estimate of drug-likeness (QED) is 0.437. The minimum absolute atomic E-state index is 0.425. The first-order chi connectivity index (χ1) is 8.60. The van der Waals surface area contributed by atoms with Crippen LogP contribution in [-0.2, 0) is 9.47 Å². The lowest BCUT2D eigenvalue weighted by Gasteiger charge is -2.21. The summed E-state index contributed by atoms with van der Waals surface area (Å²) in [5.74, 6) is 1.17. The molecule has 0 aromatic heterocycles. The zero-order valence-corrected chi connectivity index (χ0v) is 10.4. The van der Waals surface area contributed by atoms with Crippen molar-refractivity contribution < 1.29 is 19.7 Å². The highest BCUT2D eigenvalue weighted by Crippen LogP contribution is 2.18. The Bertz CT molecular complexity index is 399. The molecule has 1 rings (SSSR count). The molecule has 2 N–H and O–H groups in total. The molecule has 0 aliphatic carbocycles. The van der Waals surface area contributed by atoms with Gasteiger partial charge in [-0.1, -0.05) is 5.11 Å². The Hall–Kier alpha value is -1.69. The van der Waals surface area contributed by atoms with Gasteiger partial charge >= 0.3 is 0 Å². The Balaban J connectivity index is 2.84. The highest BCUT2D eigenvalue weighted by Gasteiger charge is 2.20. The topological polar surface area (TPSA) is 108 Å². The largest absolute Gasteiger partial charge is 0.491 e. The summed E-state index contributed by atoms with van der Waals surface area (Å²) in [6, 6.07) is -0.906. The zero-order chi connectivity index (χ0) is 13.5. The molecule has 7 heteroatoms. The Morgan fingerprint density at radius 3 is 2.78 bits per heavy atom. The van der Waals surface area contributed by atoms with Gasteiger partial charge in [0, 0.05) is 4.91 Å². The number of hydrogen-bond acceptors (Lipinski definition) is 5. The fraction of sp³-hybridized carbons (Fsp3) is 0.636.